The van der Waals surface area contributed by atoms with Crippen LogP contribution in [0.25, 0.3) is 0 Å². The first-order chi connectivity index (χ1) is 13.7. The molecular formula is C22H32IN3O3S. The number of benzene rings is 2. The van der Waals surface area contributed by atoms with Gasteiger partial charge in [-0.25, -0.2) is 8.42 Å². The quantitative estimate of drug-likeness (QED) is 0.227. The van der Waals surface area contributed by atoms with Crippen LogP contribution in [0.5, 0.6) is 5.75 Å². The zero-order valence-corrected chi connectivity index (χ0v) is 21.2. The van der Waals surface area contributed by atoms with Crippen molar-refractivity contribution in [3.8, 4) is 5.75 Å². The summed E-state index contributed by atoms with van der Waals surface area (Å²) in [6.45, 7) is 7.10. The molecule has 2 N–H and O–H groups in total. The number of hydrogen-bond acceptors (Lipinski definition) is 4. The highest BCUT2D eigenvalue weighted by Crippen LogP contribution is 2.22. The maximum Gasteiger partial charge on any atom is 0.191 e. The number of ether oxygens (including phenoxy) is 1. The van der Waals surface area contributed by atoms with E-state index < -0.39 is 9.84 Å². The van der Waals surface area contributed by atoms with Crippen molar-refractivity contribution >= 4 is 39.8 Å². The van der Waals surface area contributed by atoms with E-state index in [1.165, 1.54) is 0 Å². The average molecular weight is 545 g/mol. The summed E-state index contributed by atoms with van der Waals surface area (Å²) in [4.78, 5) is 4.56. The normalized spacial score (nSPS) is 12.1. The number of hydrogen-bond donors (Lipinski definition) is 2. The van der Waals surface area contributed by atoms with E-state index in [0.29, 0.717) is 30.4 Å². The Morgan fingerprint density at radius 2 is 1.63 bits per heavy atom. The molecule has 30 heavy (non-hydrogen) atoms. The Morgan fingerprint density at radius 3 is 2.27 bits per heavy atom. The summed E-state index contributed by atoms with van der Waals surface area (Å²) >= 11 is 0. The molecule has 0 fully saturated rings. The zero-order valence-electron chi connectivity index (χ0n) is 18.0. The molecule has 2 rings (SSSR count). The molecule has 0 bridgehead atoms. The lowest BCUT2D eigenvalue weighted by atomic mass is 10.1. The van der Waals surface area contributed by atoms with Crippen LogP contribution in [0.2, 0.25) is 0 Å². The minimum absolute atomic E-state index is 0. The number of nitrogens with zero attached hydrogens (tertiary/aromatic N) is 1. The van der Waals surface area contributed by atoms with Gasteiger partial charge in [-0.3, -0.25) is 4.99 Å². The van der Waals surface area contributed by atoms with E-state index in [0.717, 1.165) is 11.3 Å². The van der Waals surface area contributed by atoms with Crippen molar-refractivity contribution in [2.24, 2.45) is 4.99 Å². The Balaban J connectivity index is 0.00000450. The summed E-state index contributed by atoms with van der Waals surface area (Å²) in [7, 11) is -1.57. The molecule has 8 heteroatoms. The molecule has 0 atom stereocenters. The van der Waals surface area contributed by atoms with Gasteiger partial charge in [0.05, 0.1) is 10.6 Å². The maximum absolute atomic E-state index is 12.3. The lowest BCUT2D eigenvalue weighted by molar-refractivity contribution is 0.129. The first kappa shape index (κ1) is 26.2. The molecule has 0 spiro atoms. The van der Waals surface area contributed by atoms with E-state index in [9.17, 15) is 8.42 Å². The molecule has 0 heterocycles. The third-order valence-corrected chi connectivity index (χ3v) is 5.86. The van der Waals surface area contributed by atoms with Crippen molar-refractivity contribution in [1.82, 2.24) is 10.6 Å². The predicted octanol–water partition coefficient (Wildman–Crippen LogP) is 4.01. The summed E-state index contributed by atoms with van der Waals surface area (Å²) in [6.07, 6.45) is 0.488. The van der Waals surface area contributed by atoms with E-state index in [4.69, 9.17) is 4.74 Å². The van der Waals surface area contributed by atoms with Gasteiger partial charge < -0.3 is 15.4 Å². The smallest absolute Gasteiger partial charge is 0.191 e. The summed E-state index contributed by atoms with van der Waals surface area (Å²) in [5.41, 5.74) is 0.748. The first-order valence-electron chi connectivity index (χ1n) is 9.70. The lowest BCUT2D eigenvalue weighted by Gasteiger charge is -2.23. The van der Waals surface area contributed by atoms with Crippen LogP contribution in [0.4, 0.5) is 0 Å². The van der Waals surface area contributed by atoms with Crippen LogP contribution in [0.1, 0.15) is 32.8 Å². The van der Waals surface area contributed by atoms with Crippen molar-refractivity contribution < 1.29 is 13.2 Å². The van der Waals surface area contributed by atoms with Crippen molar-refractivity contribution in [1.29, 1.82) is 0 Å². The van der Waals surface area contributed by atoms with Crippen molar-refractivity contribution in [2.45, 2.75) is 44.2 Å². The number of aliphatic imine (C=N–C) groups is 1. The second-order valence-electron chi connectivity index (χ2n) is 7.66. The number of para-hydroxylation sites is 1. The maximum atomic E-state index is 12.3. The number of guanidine groups is 1. The molecule has 0 aliphatic rings. The molecule has 2 aromatic rings. The van der Waals surface area contributed by atoms with Crippen LogP contribution >= 0.6 is 24.0 Å². The second-order valence-corrected chi connectivity index (χ2v) is 9.77. The van der Waals surface area contributed by atoms with Gasteiger partial charge in [-0.05, 0) is 45.4 Å². The first-order valence-corrected chi connectivity index (χ1v) is 11.4. The Bertz CT molecular complexity index is 911. The third kappa shape index (κ3) is 8.91. The van der Waals surface area contributed by atoms with Crippen LogP contribution in [0.15, 0.2) is 64.5 Å². The molecule has 0 aliphatic carbocycles. The van der Waals surface area contributed by atoms with Gasteiger partial charge in [0.25, 0.3) is 0 Å². The summed E-state index contributed by atoms with van der Waals surface area (Å²) in [5.74, 6) is 1.54. The predicted molar refractivity (Wildman–Crippen MR) is 134 cm³/mol. The highest BCUT2D eigenvalue weighted by molar-refractivity contribution is 14.0. The van der Waals surface area contributed by atoms with Gasteiger partial charge in [0.2, 0.25) is 0 Å². The highest BCUT2D eigenvalue weighted by Gasteiger charge is 2.15. The largest absolute Gasteiger partial charge is 0.488 e. The fourth-order valence-electron chi connectivity index (χ4n) is 2.69. The Kier molecular flexibility index (Phi) is 10.6. The lowest BCUT2D eigenvalue weighted by Crippen LogP contribution is -2.38. The van der Waals surface area contributed by atoms with Crippen LogP contribution in [0, 0.1) is 0 Å². The zero-order chi connectivity index (χ0) is 21.3. The van der Waals surface area contributed by atoms with Crippen molar-refractivity contribution in [2.75, 3.05) is 19.3 Å². The van der Waals surface area contributed by atoms with Crippen LogP contribution in [-0.4, -0.2) is 39.3 Å². The number of rotatable bonds is 8. The van der Waals surface area contributed by atoms with E-state index in [-0.39, 0.29) is 35.3 Å². The van der Waals surface area contributed by atoms with E-state index >= 15 is 0 Å². The van der Waals surface area contributed by atoms with Crippen LogP contribution in [-0.2, 0) is 16.4 Å². The monoisotopic (exact) mass is 545 g/mol. The van der Waals surface area contributed by atoms with Gasteiger partial charge in [-0.2, -0.15) is 0 Å². The number of sulfone groups is 1. The summed E-state index contributed by atoms with van der Waals surface area (Å²) in [5, 5.41) is 6.42. The Labute approximate surface area is 197 Å². The van der Waals surface area contributed by atoms with Gasteiger partial charge >= 0.3 is 0 Å². The fourth-order valence-corrected chi connectivity index (χ4v) is 4.03. The molecule has 166 valence electrons. The van der Waals surface area contributed by atoms with E-state index in [1.54, 1.807) is 37.4 Å². The molecule has 6 nitrogen and oxygen atoms in total. The molecule has 2 aromatic carbocycles. The Hall–Kier alpha value is -1.81. The third-order valence-electron chi connectivity index (χ3n) is 4.04. The molecule has 0 aliphatic heterocycles. The highest BCUT2D eigenvalue weighted by atomic mass is 127. The number of nitrogens with one attached hydrogen (secondary N) is 2. The van der Waals surface area contributed by atoms with E-state index in [1.807, 2.05) is 45.0 Å². The fraction of sp³-hybridized carbons (Fsp3) is 0.409. The minimum Gasteiger partial charge on any atom is -0.488 e. The van der Waals surface area contributed by atoms with Gasteiger partial charge in [-0.15, -0.1) is 24.0 Å². The van der Waals surface area contributed by atoms with Gasteiger partial charge in [0.1, 0.15) is 11.4 Å². The van der Waals surface area contributed by atoms with Crippen molar-refractivity contribution in [3.63, 3.8) is 0 Å². The van der Waals surface area contributed by atoms with Crippen LogP contribution < -0.4 is 15.4 Å². The Morgan fingerprint density at radius 1 is 1.00 bits per heavy atom. The molecule has 0 unspecified atom stereocenters. The molecule has 0 saturated heterocycles. The molecular weight excluding hydrogens is 513 g/mol. The van der Waals surface area contributed by atoms with Crippen molar-refractivity contribution in [3.05, 3.63) is 60.2 Å². The average Bonchev–Trinajstić information content (AvgIpc) is 2.68. The van der Waals surface area contributed by atoms with Gasteiger partial charge in [0, 0.05) is 25.7 Å². The summed E-state index contributed by atoms with van der Waals surface area (Å²) < 4.78 is 30.7. The SMILES string of the molecule is CN=C(NCCCS(=O)(=O)c1ccccc1)NCc1ccccc1OC(C)(C)C.I. The topological polar surface area (TPSA) is 79.8 Å². The molecule has 0 radical (unpaired) electrons. The number of halogens is 1. The van der Waals surface area contributed by atoms with Gasteiger partial charge in [0.15, 0.2) is 15.8 Å². The molecule has 0 saturated carbocycles. The summed E-state index contributed by atoms with van der Waals surface area (Å²) in [6, 6.07) is 16.4. The van der Waals surface area contributed by atoms with E-state index in [2.05, 4.69) is 15.6 Å². The van der Waals surface area contributed by atoms with Gasteiger partial charge in [-0.1, -0.05) is 36.4 Å². The van der Waals surface area contributed by atoms with Crippen LogP contribution in [0.3, 0.4) is 0 Å². The standard InChI is InChI=1S/C22H31N3O3S.HI/c1-22(2,3)28-20-14-9-8-11-18(20)17-25-21(23-4)24-15-10-16-29(26,27)19-12-6-5-7-13-19;/h5-9,11-14H,10,15-17H2,1-4H3,(H2,23,24,25);1H. The minimum atomic E-state index is -3.26. The molecule has 0 aromatic heterocycles. The molecule has 0 amide bonds. The second kappa shape index (κ2) is 12.1.